The summed E-state index contributed by atoms with van der Waals surface area (Å²) in [7, 11) is 0. The molecule has 0 saturated heterocycles. The van der Waals surface area contributed by atoms with Crippen LogP contribution < -0.4 is 5.73 Å². The average molecular weight is 212 g/mol. The van der Waals surface area contributed by atoms with Gasteiger partial charge in [-0.05, 0) is 11.4 Å². The van der Waals surface area contributed by atoms with E-state index in [9.17, 15) is 8.78 Å². The van der Waals surface area contributed by atoms with Crippen LogP contribution in [0.3, 0.4) is 0 Å². The third kappa shape index (κ3) is 2.40. The number of hydrogen-bond acceptors (Lipinski definition) is 2. The lowest BCUT2D eigenvalue weighted by molar-refractivity contribution is 0.116. The summed E-state index contributed by atoms with van der Waals surface area (Å²) in [4.78, 5) is 0.726. The van der Waals surface area contributed by atoms with Crippen molar-refractivity contribution in [2.24, 2.45) is 5.73 Å². The van der Waals surface area contributed by atoms with Crippen molar-refractivity contribution in [1.82, 2.24) is 0 Å². The standard InChI is InChI=1S/C7H8ClF2NS/c8-4-1-2-12-6(4)3-5(11)7(9)10/h1-2,5,7H,3,11H2. The fraction of sp³-hybridized carbons (Fsp3) is 0.429. The molecule has 0 aliphatic heterocycles. The molecule has 5 heteroatoms. The summed E-state index contributed by atoms with van der Waals surface area (Å²) >= 11 is 7.05. The first kappa shape index (κ1) is 9.89. The Labute approximate surface area is 78.1 Å². The fourth-order valence-corrected chi connectivity index (χ4v) is 1.96. The van der Waals surface area contributed by atoms with E-state index in [2.05, 4.69) is 0 Å². The van der Waals surface area contributed by atoms with Gasteiger partial charge in [-0.25, -0.2) is 8.78 Å². The second-order valence-electron chi connectivity index (χ2n) is 2.39. The van der Waals surface area contributed by atoms with Crippen molar-refractivity contribution in [2.75, 3.05) is 0 Å². The second kappa shape index (κ2) is 4.16. The number of halogens is 3. The lowest BCUT2D eigenvalue weighted by atomic mass is 10.2. The van der Waals surface area contributed by atoms with Crippen LogP contribution in [0.15, 0.2) is 11.4 Å². The van der Waals surface area contributed by atoms with Crippen LogP contribution in [0.2, 0.25) is 5.02 Å². The van der Waals surface area contributed by atoms with E-state index in [1.165, 1.54) is 11.3 Å². The van der Waals surface area contributed by atoms with Gasteiger partial charge in [0.2, 0.25) is 0 Å². The summed E-state index contributed by atoms with van der Waals surface area (Å²) in [5, 5.41) is 2.28. The molecule has 0 radical (unpaired) electrons. The van der Waals surface area contributed by atoms with Crippen molar-refractivity contribution in [3.8, 4) is 0 Å². The number of alkyl halides is 2. The molecule has 1 atom stereocenters. The third-order valence-corrected chi connectivity index (χ3v) is 2.85. The van der Waals surface area contributed by atoms with Crippen molar-refractivity contribution < 1.29 is 8.78 Å². The molecule has 1 aromatic heterocycles. The molecule has 1 rings (SSSR count). The van der Waals surface area contributed by atoms with Crippen LogP contribution in [0, 0.1) is 0 Å². The van der Waals surface area contributed by atoms with E-state index in [1.807, 2.05) is 0 Å². The Hall–Kier alpha value is -0.190. The zero-order valence-electron chi connectivity index (χ0n) is 6.14. The minimum atomic E-state index is -2.48. The largest absolute Gasteiger partial charge is 0.323 e. The number of rotatable bonds is 3. The van der Waals surface area contributed by atoms with E-state index in [0.29, 0.717) is 5.02 Å². The smallest absolute Gasteiger partial charge is 0.253 e. The lowest BCUT2D eigenvalue weighted by Gasteiger charge is -2.08. The highest BCUT2D eigenvalue weighted by atomic mass is 35.5. The second-order valence-corrected chi connectivity index (χ2v) is 3.80. The number of hydrogen-bond donors (Lipinski definition) is 1. The van der Waals surface area contributed by atoms with Crippen molar-refractivity contribution in [3.05, 3.63) is 21.3 Å². The Balaban J connectivity index is 2.58. The Bertz CT molecular complexity index is 251. The molecule has 68 valence electrons. The summed E-state index contributed by atoms with van der Waals surface area (Å²) in [6.45, 7) is 0. The summed E-state index contributed by atoms with van der Waals surface area (Å²) in [6.07, 6.45) is -2.34. The highest BCUT2D eigenvalue weighted by molar-refractivity contribution is 7.10. The maximum absolute atomic E-state index is 12.0. The predicted octanol–water partition coefficient (Wildman–Crippen LogP) is 2.54. The van der Waals surface area contributed by atoms with Crippen LogP contribution in [-0.2, 0) is 6.42 Å². The van der Waals surface area contributed by atoms with Crippen molar-refractivity contribution in [1.29, 1.82) is 0 Å². The molecule has 1 unspecified atom stereocenters. The Morgan fingerprint density at radius 1 is 1.58 bits per heavy atom. The molecule has 0 aliphatic rings. The maximum Gasteiger partial charge on any atom is 0.253 e. The average Bonchev–Trinajstić information content (AvgIpc) is 2.36. The molecule has 0 aliphatic carbocycles. The molecule has 0 spiro atoms. The quantitative estimate of drug-likeness (QED) is 0.817. The van der Waals surface area contributed by atoms with Crippen LogP contribution in [0.25, 0.3) is 0 Å². The van der Waals surface area contributed by atoms with Gasteiger partial charge in [0.25, 0.3) is 6.43 Å². The molecule has 0 fully saturated rings. The summed E-state index contributed by atoms with van der Waals surface area (Å²) < 4.78 is 24.0. The lowest BCUT2D eigenvalue weighted by Crippen LogP contribution is -2.30. The molecular weight excluding hydrogens is 204 g/mol. The van der Waals surface area contributed by atoms with Gasteiger partial charge in [0.1, 0.15) is 0 Å². The molecule has 1 heterocycles. The van der Waals surface area contributed by atoms with Gasteiger partial charge in [-0.2, -0.15) is 0 Å². The van der Waals surface area contributed by atoms with Gasteiger partial charge in [0.05, 0.1) is 11.1 Å². The molecular formula is C7H8ClF2NS. The van der Waals surface area contributed by atoms with Gasteiger partial charge >= 0.3 is 0 Å². The van der Waals surface area contributed by atoms with Crippen LogP contribution in [-0.4, -0.2) is 12.5 Å². The van der Waals surface area contributed by atoms with Gasteiger partial charge < -0.3 is 5.73 Å². The van der Waals surface area contributed by atoms with Gasteiger partial charge in [-0.3, -0.25) is 0 Å². The Kier molecular flexibility index (Phi) is 3.43. The molecule has 0 amide bonds. The normalized spacial score (nSPS) is 13.8. The zero-order chi connectivity index (χ0) is 9.14. The van der Waals surface area contributed by atoms with Crippen LogP contribution in [0.4, 0.5) is 8.78 Å². The Morgan fingerprint density at radius 3 is 2.67 bits per heavy atom. The van der Waals surface area contributed by atoms with Gasteiger partial charge in [-0.15, -0.1) is 11.3 Å². The first-order valence-corrected chi connectivity index (χ1v) is 4.62. The molecule has 1 nitrogen and oxygen atoms in total. The van der Waals surface area contributed by atoms with E-state index in [1.54, 1.807) is 11.4 Å². The molecule has 12 heavy (non-hydrogen) atoms. The highest BCUT2D eigenvalue weighted by Crippen LogP contribution is 2.23. The monoisotopic (exact) mass is 211 g/mol. The SMILES string of the molecule is NC(Cc1sccc1Cl)C(F)F. The third-order valence-electron chi connectivity index (χ3n) is 1.44. The van der Waals surface area contributed by atoms with Crippen molar-refractivity contribution >= 4 is 22.9 Å². The molecule has 0 bridgehead atoms. The molecule has 2 N–H and O–H groups in total. The van der Waals surface area contributed by atoms with E-state index < -0.39 is 12.5 Å². The van der Waals surface area contributed by atoms with E-state index >= 15 is 0 Å². The minimum absolute atomic E-state index is 0.147. The summed E-state index contributed by atoms with van der Waals surface area (Å²) in [6, 6.07) is 0.570. The highest BCUT2D eigenvalue weighted by Gasteiger charge is 2.17. The van der Waals surface area contributed by atoms with E-state index in [-0.39, 0.29) is 6.42 Å². The zero-order valence-corrected chi connectivity index (χ0v) is 7.71. The maximum atomic E-state index is 12.0. The van der Waals surface area contributed by atoms with E-state index in [4.69, 9.17) is 17.3 Å². The molecule has 1 aromatic rings. The minimum Gasteiger partial charge on any atom is -0.323 e. The van der Waals surface area contributed by atoms with Crippen LogP contribution in [0.5, 0.6) is 0 Å². The first-order chi connectivity index (χ1) is 5.61. The van der Waals surface area contributed by atoms with Crippen molar-refractivity contribution in [2.45, 2.75) is 18.9 Å². The summed E-state index contributed by atoms with van der Waals surface area (Å²) in [5.74, 6) is 0. The van der Waals surface area contributed by atoms with Gasteiger partial charge in [-0.1, -0.05) is 11.6 Å². The van der Waals surface area contributed by atoms with Gasteiger partial charge in [0, 0.05) is 11.3 Å². The number of nitrogens with two attached hydrogens (primary N) is 1. The summed E-state index contributed by atoms with van der Waals surface area (Å²) in [5.41, 5.74) is 5.17. The van der Waals surface area contributed by atoms with Crippen molar-refractivity contribution in [3.63, 3.8) is 0 Å². The van der Waals surface area contributed by atoms with Crippen LogP contribution in [0.1, 0.15) is 4.88 Å². The molecule has 0 saturated carbocycles. The van der Waals surface area contributed by atoms with Crippen LogP contribution >= 0.6 is 22.9 Å². The predicted molar refractivity (Wildman–Crippen MR) is 47.0 cm³/mol. The topological polar surface area (TPSA) is 26.0 Å². The number of thiophene rings is 1. The van der Waals surface area contributed by atoms with E-state index in [0.717, 1.165) is 4.88 Å². The first-order valence-electron chi connectivity index (χ1n) is 3.37. The fourth-order valence-electron chi connectivity index (χ4n) is 0.774. The molecule has 0 aromatic carbocycles. The van der Waals surface area contributed by atoms with Gasteiger partial charge in [0.15, 0.2) is 0 Å². The Morgan fingerprint density at radius 2 is 2.25 bits per heavy atom.